The van der Waals surface area contributed by atoms with Gasteiger partial charge in [0.15, 0.2) is 5.69 Å². The Bertz CT molecular complexity index is 819. The number of rotatable bonds is 6. The molecule has 1 saturated heterocycles. The third-order valence-corrected chi connectivity index (χ3v) is 4.90. The van der Waals surface area contributed by atoms with E-state index in [1.54, 1.807) is 34.5 Å². The van der Waals surface area contributed by atoms with E-state index in [4.69, 9.17) is 4.74 Å². The lowest BCUT2D eigenvalue weighted by Gasteiger charge is -2.27. The molecule has 2 aromatic rings. The van der Waals surface area contributed by atoms with Crippen LogP contribution in [0.4, 0.5) is 0 Å². The van der Waals surface area contributed by atoms with Crippen LogP contribution in [0, 0.1) is 5.92 Å². The number of nitrogens with zero attached hydrogens (tertiary/aromatic N) is 5. The van der Waals surface area contributed by atoms with Crippen molar-refractivity contribution < 1.29 is 14.3 Å². The Morgan fingerprint density at radius 1 is 1.33 bits per heavy atom. The highest BCUT2D eigenvalue weighted by atomic mass is 16.5. The van der Waals surface area contributed by atoms with Crippen molar-refractivity contribution in [3.05, 3.63) is 30.1 Å². The molecule has 0 aromatic carbocycles. The lowest BCUT2D eigenvalue weighted by atomic mass is 10.2. The summed E-state index contributed by atoms with van der Waals surface area (Å²) in [6, 6.07) is 5.50. The number of ether oxygens (including phenoxy) is 1. The van der Waals surface area contributed by atoms with Crippen LogP contribution in [0.2, 0.25) is 0 Å². The molecule has 3 rings (SSSR count). The first kappa shape index (κ1) is 19.3. The van der Waals surface area contributed by atoms with Gasteiger partial charge in [0.2, 0.25) is 0 Å². The summed E-state index contributed by atoms with van der Waals surface area (Å²) in [7, 11) is 1.78. The lowest BCUT2D eigenvalue weighted by molar-refractivity contribution is -0.143. The van der Waals surface area contributed by atoms with Gasteiger partial charge in [0.05, 0.1) is 11.6 Å². The quantitative estimate of drug-likeness (QED) is 0.766. The second-order valence-electron chi connectivity index (χ2n) is 7.48. The SMILES string of the molecule is CC(C)COC(C)C(=O)N(C)C1CCN(C(=O)c2nnn3ccccc23)C1. The average Bonchev–Trinajstić information content (AvgIpc) is 3.31. The number of likely N-dealkylation sites (tertiary alicyclic amines) is 1. The number of pyridine rings is 1. The summed E-state index contributed by atoms with van der Waals surface area (Å²) >= 11 is 0. The van der Waals surface area contributed by atoms with Gasteiger partial charge >= 0.3 is 0 Å². The Hall–Kier alpha value is -2.48. The van der Waals surface area contributed by atoms with Crippen LogP contribution in [-0.2, 0) is 9.53 Å². The molecule has 27 heavy (non-hydrogen) atoms. The molecule has 8 heteroatoms. The number of hydrogen-bond acceptors (Lipinski definition) is 5. The number of carbonyl (C=O) groups is 2. The van der Waals surface area contributed by atoms with Crippen molar-refractivity contribution in [3.8, 4) is 0 Å². The second-order valence-corrected chi connectivity index (χ2v) is 7.48. The molecule has 2 unspecified atom stereocenters. The lowest BCUT2D eigenvalue weighted by Crippen LogP contribution is -2.44. The normalized spacial score (nSPS) is 18.3. The Balaban J connectivity index is 1.62. The zero-order chi connectivity index (χ0) is 19.6. The van der Waals surface area contributed by atoms with Crippen LogP contribution in [0.15, 0.2) is 24.4 Å². The molecule has 1 aliphatic heterocycles. The van der Waals surface area contributed by atoms with Gasteiger partial charge in [0.1, 0.15) is 6.10 Å². The first-order chi connectivity index (χ1) is 12.9. The summed E-state index contributed by atoms with van der Waals surface area (Å²) in [6.45, 7) is 7.52. The number of aromatic nitrogens is 3. The first-order valence-electron chi connectivity index (χ1n) is 9.36. The minimum atomic E-state index is -0.483. The molecule has 0 radical (unpaired) electrons. The van der Waals surface area contributed by atoms with Gasteiger partial charge in [-0.3, -0.25) is 9.59 Å². The zero-order valence-corrected chi connectivity index (χ0v) is 16.3. The van der Waals surface area contributed by atoms with Crippen LogP contribution in [-0.4, -0.2) is 75.3 Å². The van der Waals surface area contributed by atoms with Crippen molar-refractivity contribution in [1.29, 1.82) is 0 Å². The molecule has 0 aliphatic carbocycles. The van der Waals surface area contributed by atoms with Gasteiger partial charge in [-0.15, -0.1) is 5.10 Å². The van der Waals surface area contributed by atoms with E-state index >= 15 is 0 Å². The molecule has 146 valence electrons. The van der Waals surface area contributed by atoms with Gasteiger partial charge in [0, 0.05) is 32.9 Å². The molecule has 0 bridgehead atoms. The van der Waals surface area contributed by atoms with Crippen LogP contribution >= 0.6 is 0 Å². The van der Waals surface area contributed by atoms with E-state index in [1.165, 1.54) is 0 Å². The number of fused-ring (bicyclic) bond motifs is 1. The van der Waals surface area contributed by atoms with E-state index in [0.29, 0.717) is 36.8 Å². The molecule has 3 heterocycles. The Morgan fingerprint density at radius 2 is 2.11 bits per heavy atom. The van der Waals surface area contributed by atoms with Gasteiger partial charge in [-0.05, 0) is 31.4 Å². The van der Waals surface area contributed by atoms with Crippen LogP contribution in [0.25, 0.3) is 5.52 Å². The van der Waals surface area contributed by atoms with E-state index in [1.807, 2.05) is 18.2 Å². The summed E-state index contributed by atoms with van der Waals surface area (Å²) in [5.41, 5.74) is 1.03. The van der Waals surface area contributed by atoms with Crippen LogP contribution in [0.3, 0.4) is 0 Å². The third-order valence-electron chi connectivity index (χ3n) is 4.90. The summed E-state index contributed by atoms with van der Waals surface area (Å²) in [5, 5.41) is 8.02. The maximum absolute atomic E-state index is 12.9. The smallest absolute Gasteiger partial charge is 0.276 e. The molecular weight excluding hydrogens is 346 g/mol. The van der Waals surface area contributed by atoms with Crippen molar-refractivity contribution in [3.63, 3.8) is 0 Å². The minimum absolute atomic E-state index is 0.0200. The van der Waals surface area contributed by atoms with Gasteiger partial charge in [-0.25, -0.2) is 4.52 Å². The molecule has 1 fully saturated rings. The summed E-state index contributed by atoms with van der Waals surface area (Å²) in [5.74, 6) is 0.177. The van der Waals surface area contributed by atoms with Crippen LogP contribution in [0.5, 0.6) is 0 Å². The highest BCUT2D eigenvalue weighted by Crippen LogP contribution is 2.19. The predicted octanol–water partition coefficient (Wildman–Crippen LogP) is 1.46. The van der Waals surface area contributed by atoms with Gasteiger partial charge in [-0.1, -0.05) is 25.1 Å². The van der Waals surface area contributed by atoms with E-state index in [0.717, 1.165) is 6.42 Å². The molecule has 2 aromatic heterocycles. The largest absolute Gasteiger partial charge is 0.368 e. The van der Waals surface area contributed by atoms with Crippen molar-refractivity contribution in [2.75, 3.05) is 26.7 Å². The number of hydrogen-bond donors (Lipinski definition) is 0. The van der Waals surface area contributed by atoms with E-state index in [2.05, 4.69) is 24.2 Å². The molecule has 2 amide bonds. The monoisotopic (exact) mass is 373 g/mol. The molecular formula is C19H27N5O3. The summed E-state index contributed by atoms with van der Waals surface area (Å²) in [6.07, 6.45) is 2.02. The van der Waals surface area contributed by atoms with Gasteiger partial charge in [-0.2, -0.15) is 0 Å². The van der Waals surface area contributed by atoms with Crippen LogP contribution < -0.4 is 0 Å². The highest BCUT2D eigenvalue weighted by molar-refractivity contribution is 5.98. The molecule has 0 saturated carbocycles. The van der Waals surface area contributed by atoms with Crippen molar-refractivity contribution >= 4 is 17.3 Å². The fourth-order valence-corrected chi connectivity index (χ4v) is 3.26. The predicted molar refractivity (Wildman–Crippen MR) is 100 cm³/mol. The average molecular weight is 373 g/mol. The maximum atomic E-state index is 12.9. The van der Waals surface area contributed by atoms with Crippen LogP contribution in [0.1, 0.15) is 37.7 Å². The minimum Gasteiger partial charge on any atom is -0.368 e. The Morgan fingerprint density at radius 3 is 2.85 bits per heavy atom. The van der Waals surface area contributed by atoms with Gasteiger partial charge in [0.25, 0.3) is 11.8 Å². The topological polar surface area (TPSA) is 80.0 Å². The first-order valence-corrected chi connectivity index (χ1v) is 9.36. The maximum Gasteiger partial charge on any atom is 0.276 e. The number of amides is 2. The van der Waals surface area contributed by atoms with Crippen molar-refractivity contribution in [1.82, 2.24) is 24.6 Å². The molecule has 0 N–H and O–H groups in total. The van der Waals surface area contributed by atoms with Crippen molar-refractivity contribution in [2.24, 2.45) is 5.92 Å². The zero-order valence-electron chi connectivity index (χ0n) is 16.3. The molecule has 0 spiro atoms. The fraction of sp³-hybridized carbons (Fsp3) is 0.579. The fourth-order valence-electron chi connectivity index (χ4n) is 3.26. The molecule has 2 atom stereocenters. The molecule has 8 nitrogen and oxygen atoms in total. The highest BCUT2D eigenvalue weighted by Gasteiger charge is 2.34. The molecule has 1 aliphatic rings. The Kier molecular flexibility index (Phi) is 5.74. The summed E-state index contributed by atoms with van der Waals surface area (Å²) in [4.78, 5) is 28.9. The Labute approximate surface area is 159 Å². The second kappa shape index (κ2) is 8.04. The summed E-state index contributed by atoms with van der Waals surface area (Å²) < 4.78 is 7.22. The van der Waals surface area contributed by atoms with E-state index in [9.17, 15) is 9.59 Å². The standard InChI is InChI=1S/C19H27N5O3/c1-13(2)12-27-14(3)18(25)22(4)15-8-10-23(11-15)19(26)17-16-7-5-6-9-24(16)21-20-17/h5-7,9,13-15H,8,10-12H2,1-4H3. The van der Waals surface area contributed by atoms with E-state index in [-0.39, 0.29) is 17.9 Å². The van der Waals surface area contributed by atoms with Gasteiger partial charge < -0.3 is 14.5 Å². The number of carbonyl (C=O) groups excluding carboxylic acids is 2. The number of likely N-dealkylation sites (N-methyl/N-ethyl adjacent to an activating group) is 1. The van der Waals surface area contributed by atoms with E-state index < -0.39 is 6.10 Å². The third kappa shape index (κ3) is 4.10. The van der Waals surface area contributed by atoms with Crippen molar-refractivity contribution in [2.45, 2.75) is 39.3 Å².